The monoisotopic (exact) mass is 322 g/mol. The van der Waals surface area contributed by atoms with E-state index < -0.39 is 5.97 Å². The van der Waals surface area contributed by atoms with Crippen LogP contribution in [0.25, 0.3) is 6.08 Å². The standard InChI is InChI=1S/C16H12Cl2O3/c17-13-7-14(18)9-15(8-13)21-10-12-3-1-2-11(6-12)4-5-16(19)20/h1-9H,10H2,(H,19,20). The Morgan fingerprint density at radius 2 is 1.86 bits per heavy atom. The highest BCUT2D eigenvalue weighted by molar-refractivity contribution is 6.34. The van der Waals surface area contributed by atoms with Crippen molar-refractivity contribution in [2.75, 3.05) is 0 Å². The van der Waals surface area contributed by atoms with Gasteiger partial charge in [-0.15, -0.1) is 0 Å². The Balaban J connectivity index is 2.06. The smallest absolute Gasteiger partial charge is 0.328 e. The summed E-state index contributed by atoms with van der Waals surface area (Å²) in [5.41, 5.74) is 1.71. The van der Waals surface area contributed by atoms with Crippen LogP contribution >= 0.6 is 23.2 Å². The van der Waals surface area contributed by atoms with Crippen LogP contribution in [0.15, 0.2) is 48.5 Å². The number of halogens is 2. The second kappa shape index (κ2) is 7.16. The van der Waals surface area contributed by atoms with Crippen molar-refractivity contribution >= 4 is 35.2 Å². The Kier molecular flexibility index (Phi) is 5.26. The van der Waals surface area contributed by atoms with Crippen molar-refractivity contribution in [3.63, 3.8) is 0 Å². The van der Waals surface area contributed by atoms with E-state index in [2.05, 4.69) is 0 Å². The Bertz CT molecular complexity index is 661. The minimum Gasteiger partial charge on any atom is -0.489 e. The average molecular weight is 323 g/mol. The summed E-state index contributed by atoms with van der Waals surface area (Å²) in [6, 6.07) is 12.4. The molecular weight excluding hydrogens is 311 g/mol. The van der Waals surface area contributed by atoms with Gasteiger partial charge >= 0.3 is 5.97 Å². The first kappa shape index (κ1) is 15.4. The lowest BCUT2D eigenvalue weighted by Gasteiger charge is -2.08. The molecule has 21 heavy (non-hydrogen) atoms. The summed E-state index contributed by atoms with van der Waals surface area (Å²) in [5, 5.41) is 9.63. The fourth-order valence-electron chi connectivity index (χ4n) is 1.73. The molecule has 2 aromatic rings. The zero-order valence-corrected chi connectivity index (χ0v) is 12.4. The highest BCUT2D eigenvalue weighted by atomic mass is 35.5. The number of hydrogen-bond donors (Lipinski definition) is 1. The summed E-state index contributed by atoms with van der Waals surface area (Å²) in [7, 11) is 0. The Labute approximate surface area is 132 Å². The zero-order chi connectivity index (χ0) is 15.2. The molecule has 0 aromatic heterocycles. The summed E-state index contributed by atoms with van der Waals surface area (Å²) < 4.78 is 5.62. The van der Waals surface area contributed by atoms with Gasteiger partial charge in [0.2, 0.25) is 0 Å². The van der Waals surface area contributed by atoms with E-state index >= 15 is 0 Å². The number of carboxylic acid groups (broad SMARTS) is 1. The number of benzene rings is 2. The van der Waals surface area contributed by atoms with Gasteiger partial charge in [0, 0.05) is 16.1 Å². The maximum Gasteiger partial charge on any atom is 0.328 e. The van der Waals surface area contributed by atoms with Crippen LogP contribution in [-0.4, -0.2) is 11.1 Å². The second-order valence-corrected chi connectivity index (χ2v) is 5.18. The lowest BCUT2D eigenvalue weighted by atomic mass is 10.1. The second-order valence-electron chi connectivity index (χ2n) is 4.31. The third-order valence-corrected chi connectivity index (χ3v) is 3.05. The minimum absolute atomic E-state index is 0.339. The number of rotatable bonds is 5. The number of carbonyl (C=O) groups is 1. The van der Waals surface area contributed by atoms with Gasteiger partial charge in [0.05, 0.1) is 0 Å². The Morgan fingerprint density at radius 1 is 1.14 bits per heavy atom. The summed E-state index contributed by atoms with van der Waals surface area (Å²) in [6.07, 6.45) is 2.62. The molecule has 3 nitrogen and oxygen atoms in total. The largest absolute Gasteiger partial charge is 0.489 e. The molecule has 0 fully saturated rings. The third-order valence-electron chi connectivity index (χ3n) is 2.61. The maximum absolute atomic E-state index is 10.5. The van der Waals surface area contributed by atoms with E-state index in [1.54, 1.807) is 18.2 Å². The first-order valence-corrected chi connectivity index (χ1v) is 6.87. The molecule has 0 aliphatic rings. The zero-order valence-electron chi connectivity index (χ0n) is 10.9. The molecule has 0 aliphatic carbocycles. The van der Waals surface area contributed by atoms with Crippen LogP contribution in [0.2, 0.25) is 10.0 Å². The predicted molar refractivity (Wildman–Crippen MR) is 83.9 cm³/mol. The molecule has 0 saturated carbocycles. The van der Waals surface area contributed by atoms with Crippen molar-refractivity contribution < 1.29 is 14.6 Å². The molecule has 1 N–H and O–H groups in total. The number of ether oxygens (including phenoxy) is 1. The molecule has 0 aliphatic heterocycles. The average Bonchev–Trinajstić information content (AvgIpc) is 2.42. The van der Waals surface area contributed by atoms with Gasteiger partial charge in [-0.2, -0.15) is 0 Å². The van der Waals surface area contributed by atoms with Crippen molar-refractivity contribution in [1.29, 1.82) is 0 Å². The van der Waals surface area contributed by atoms with Crippen LogP contribution < -0.4 is 4.74 Å². The van der Waals surface area contributed by atoms with Crippen molar-refractivity contribution in [2.45, 2.75) is 6.61 Å². The molecule has 0 spiro atoms. The SMILES string of the molecule is O=C(O)C=Cc1cccc(COc2cc(Cl)cc(Cl)c2)c1. The van der Waals surface area contributed by atoms with Gasteiger partial charge in [0.1, 0.15) is 12.4 Å². The molecule has 0 saturated heterocycles. The van der Waals surface area contributed by atoms with E-state index in [1.165, 1.54) is 6.08 Å². The molecule has 0 radical (unpaired) electrons. The first-order valence-electron chi connectivity index (χ1n) is 6.12. The van der Waals surface area contributed by atoms with Crippen molar-refractivity contribution in [2.24, 2.45) is 0 Å². The molecule has 0 amide bonds. The van der Waals surface area contributed by atoms with Gasteiger partial charge in [0.25, 0.3) is 0 Å². The fraction of sp³-hybridized carbons (Fsp3) is 0.0625. The normalized spacial score (nSPS) is 10.8. The van der Waals surface area contributed by atoms with E-state index in [4.69, 9.17) is 33.0 Å². The third kappa shape index (κ3) is 5.14. The number of aliphatic carboxylic acids is 1. The summed E-state index contributed by atoms with van der Waals surface area (Å²) in [4.78, 5) is 10.5. The van der Waals surface area contributed by atoms with Gasteiger partial charge in [-0.3, -0.25) is 0 Å². The van der Waals surface area contributed by atoms with E-state index in [0.29, 0.717) is 22.4 Å². The topological polar surface area (TPSA) is 46.5 Å². The molecule has 108 valence electrons. The minimum atomic E-state index is -0.981. The van der Waals surface area contributed by atoms with Crippen molar-refractivity contribution in [1.82, 2.24) is 0 Å². The molecule has 0 bridgehead atoms. The molecule has 2 rings (SSSR count). The van der Waals surface area contributed by atoms with Crippen LogP contribution in [0.5, 0.6) is 5.75 Å². The molecule has 0 atom stereocenters. The maximum atomic E-state index is 10.5. The predicted octanol–water partition coefficient (Wildman–Crippen LogP) is 4.67. The van der Waals surface area contributed by atoms with Crippen LogP contribution in [-0.2, 0) is 11.4 Å². The van der Waals surface area contributed by atoms with E-state index in [9.17, 15) is 4.79 Å². The highest BCUT2D eigenvalue weighted by Gasteiger charge is 2.01. The van der Waals surface area contributed by atoms with Crippen LogP contribution in [0.1, 0.15) is 11.1 Å². The fourth-order valence-corrected chi connectivity index (χ4v) is 2.24. The van der Waals surface area contributed by atoms with E-state index in [-0.39, 0.29) is 0 Å². The number of hydrogen-bond acceptors (Lipinski definition) is 2. The molecule has 0 unspecified atom stereocenters. The van der Waals surface area contributed by atoms with Crippen LogP contribution in [0, 0.1) is 0 Å². The first-order chi connectivity index (χ1) is 10.0. The Morgan fingerprint density at radius 3 is 2.52 bits per heavy atom. The van der Waals surface area contributed by atoms with E-state index in [1.807, 2.05) is 24.3 Å². The van der Waals surface area contributed by atoms with E-state index in [0.717, 1.165) is 17.2 Å². The molecule has 0 heterocycles. The van der Waals surface area contributed by atoms with Crippen LogP contribution in [0.4, 0.5) is 0 Å². The summed E-state index contributed by atoms with van der Waals surface area (Å²) >= 11 is 11.8. The van der Waals surface area contributed by atoms with Crippen molar-refractivity contribution in [3.8, 4) is 5.75 Å². The van der Waals surface area contributed by atoms with Crippen LogP contribution in [0.3, 0.4) is 0 Å². The van der Waals surface area contributed by atoms with Gasteiger partial charge in [-0.1, -0.05) is 41.4 Å². The quantitative estimate of drug-likeness (QED) is 0.813. The Hall–Kier alpha value is -1.97. The molecular formula is C16H12Cl2O3. The lowest BCUT2D eigenvalue weighted by Crippen LogP contribution is -1.96. The van der Waals surface area contributed by atoms with Gasteiger partial charge in [0.15, 0.2) is 0 Å². The summed E-state index contributed by atoms with van der Waals surface area (Å²) in [5.74, 6) is -0.399. The van der Waals surface area contributed by atoms with Gasteiger partial charge in [-0.05, 0) is 41.5 Å². The number of carboxylic acids is 1. The van der Waals surface area contributed by atoms with Gasteiger partial charge in [-0.25, -0.2) is 4.79 Å². The summed E-state index contributed by atoms with van der Waals surface area (Å²) in [6.45, 7) is 0.339. The highest BCUT2D eigenvalue weighted by Crippen LogP contribution is 2.24. The lowest BCUT2D eigenvalue weighted by molar-refractivity contribution is -0.131. The molecule has 2 aromatic carbocycles. The molecule has 5 heteroatoms. The van der Waals surface area contributed by atoms with Gasteiger partial charge < -0.3 is 9.84 Å². The van der Waals surface area contributed by atoms with Crippen molar-refractivity contribution in [3.05, 3.63) is 69.7 Å².